The van der Waals surface area contributed by atoms with Crippen molar-refractivity contribution < 1.29 is 36.1 Å². The lowest BCUT2D eigenvalue weighted by atomic mass is 9.90. The number of likely N-dealkylation sites (tertiary alicyclic amines) is 2. The predicted octanol–water partition coefficient (Wildman–Crippen LogP) is 6.11. The minimum Gasteiger partial charge on any atom is -0.353 e. The molecule has 0 aromatic heterocycles. The van der Waals surface area contributed by atoms with Gasteiger partial charge in [0.2, 0.25) is 0 Å². The molecule has 3 aliphatic heterocycles. The molecule has 3 unspecified atom stereocenters. The van der Waals surface area contributed by atoms with Crippen LogP contribution in [0.25, 0.3) is 0 Å². The Kier molecular flexibility index (Phi) is 11.8. The molecule has 3 fully saturated rings. The van der Waals surface area contributed by atoms with E-state index in [9.17, 15) is 41.3 Å². The van der Waals surface area contributed by atoms with Crippen LogP contribution in [0.5, 0.6) is 0 Å². The number of hydrogen-bond acceptors (Lipinski definition) is 6. The third-order valence-corrected chi connectivity index (χ3v) is 9.92. The van der Waals surface area contributed by atoms with Crippen molar-refractivity contribution in [1.29, 1.82) is 0 Å². The first kappa shape index (κ1) is 37.5. The van der Waals surface area contributed by atoms with Gasteiger partial charge in [-0.25, -0.2) is 0 Å². The van der Waals surface area contributed by atoms with E-state index in [0.29, 0.717) is 43.8 Å². The Labute approximate surface area is 288 Å². The number of amidine groups is 1. The molecule has 5 rings (SSSR count). The zero-order valence-electron chi connectivity index (χ0n) is 28.3. The van der Waals surface area contributed by atoms with Gasteiger partial charge in [0.1, 0.15) is 0 Å². The minimum atomic E-state index is -5.05. The molecule has 15 heteroatoms. The van der Waals surface area contributed by atoms with Gasteiger partial charge in [-0.15, -0.1) is 0 Å². The summed E-state index contributed by atoms with van der Waals surface area (Å²) < 4.78 is 81.7. The predicted molar refractivity (Wildman–Crippen MR) is 177 cm³/mol. The Hall–Kier alpha value is -3.72. The molecule has 50 heavy (non-hydrogen) atoms. The van der Waals surface area contributed by atoms with Crippen molar-refractivity contribution in [2.24, 2.45) is 4.99 Å². The zero-order chi connectivity index (χ0) is 36.2. The first-order valence-electron chi connectivity index (χ1n) is 17.1. The number of nitrogens with zero attached hydrogens (tertiary/aromatic N) is 6. The highest BCUT2D eigenvalue weighted by Gasteiger charge is 2.41. The Morgan fingerprint density at radius 1 is 0.880 bits per heavy atom. The lowest BCUT2D eigenvalue weighted by molar-refractivity contribution is -0.464. The van der Waals surface area contributed by atoms with Crippen LogP contribution in [0.3, 0.4) is 0 Å². The number of benzene rings is 2. The SMILES string of the molecule is CC(C)N=C(C[N+](=O)[O-])N1CCCC(N2CCN(C3CCN(C(=O)c4cc(C(F)(F)F)cc(C(F)(F)F)c4)C(Cc4ccccc4)C3)CC2)C1. The van der Waals surface area contributed by atoms with E-state index in [0.717, 1.165) is 51.1 Å². The van der Waals surface area contributed by atoms with E-state index in [1.807, 2.05) is 49.1 Å². The number of carbonyl (C=O) groups is 1. The molecule has 0 radical (unpaired) electrons. The van der Waals surface area contributed by atoms with Crippen LogP contribution in [-0.2, 0) is 18.8 Å². The number of amides is 1. The number of halogens is 6. The van der Waals surface area contributed by atoms with Gasteiger partial charge in [-0.3, -0.25) is 29.7 Å². The molecule has 0 N–H and O–H groups in total. The maximum atomic E-state index is 13.8. The fourth-order valence-electron chi connectivity index (χ4n) is 7.54. The van der Waals surface area contributed by atoms with Gasteiger partial charge in [0.05, 0.1) is 11.1 Å². The molecule has 0 bridgehead atoms. The summed E-state index contributed by atoms with van der Waals surface area (Å²) in [5, 5.41) is 11.3. The Bertz CT molecular complexity index is 1480. The van der Waals surface area contributed by atoms with Crippen LogP contribution in [0.15, 0.2) is 53.5 Å². The summed E-state index contributed by atoms with van der Waals surface area (Å²) in [6.07, 6.45) is -6.74. The molecule has 0 spiro atoms. The number of piperazine rings is 1. The van der Waals surface area contributed by atoms with E-state index in [1.165, 1.54) is 4.90 Å². The molecule has 3 aliphatic rings. The van der Waals surface area contributed by atoms with Crippen molar-refractivity contribution >= 4 is 11.7 Å². The van der Waals surface area contributed by atoms with Crippen molar-refractivity contribution in [2.45, 2.75) is 82.5 Å². The minimum absolute atomic E-state index is 0.0414. The van der Waals surface area contributed by atoms with Gasteiger partial charge >= 0.3 is 12.4 Å². The smallest absolute Gasteiger partial charge is 0.353 e. The van der Waals surface area contributed by atoms with Crippen LogP contribution in [0.1, 0.15) is 66.6 Å². The summed E-state index contributed by atoms with van der Waals surface area (Å²) >= 11 is 0. The molecule has 3 saturated heterocycles. The molecule has 0 saturated carbocycles. The van der Waals surface area contributed by atoms with Crippen LogP contribution >= 0.6 is 0 Å². The van der Waals surface area contributed by atoms with Crippen molar-refractivity contribution in [3.05, 3.63) is 80.9 Å². The lowest BCUT2D eigenvalue weighted by Crippen LogP contribution is -2.59. The Morgan fingerprint density at radius 2 is 1.48 bits per heavy atom. The van der Waals surface area contributed by atoms with E-state index >= 15 is 0 Å². The van der Waals surface area contributed by atoms with Crippen LogP contribution in [0.4, 0.5) is 26.3 Å². The normalized spacial score (nSPS) is 23.4. The Morgan fingerprint density at radius 3 is 2.04 bits per heavy atom. The molecule has 3 heterocycles. The van der Waals surface area contributed by atoms with Crippen molar-refractivity contribution in [1.82, 2.24) is 19.6 Å². The summed E-state index contributed by atoms with van der Waals surface area (Å²) in [5.41, 5.74) is -2.73. The molecule has 3 atom stereocenters. The maximum Gasteiger partial charge on any atom is 0.416 e. The van der Waals surface area contributed by atoms with Crippen molar-refractivity contribution in [2.75, 3.05) is 52.4 Å². The molecule has 2 aromatic rings. The molecule has 2 aromatic carbocycles. The third kappa shape index (κ3) is 9.53. The lowest BCUT2D eigenvalue weighted by Gasteiger charge is -2.48. The number of aliphatic imine (C=N–C) groups is 1. The van der Waals surface area contributed by atoms with Gasteiger partial charge in [-0.2, -0.15) is 26.3 Å². The quantitative estimate of drug-likeness (QED) is 0.108. The summed E-state index contributed by atoms with van der Waals surface area (Å²) in [7, 11) is 0. The molecular weight excluding hydrogens is 666 g/mol. The highest BCUT2D eigenvalue weighted by atomic mass is 19.4. The highest BCUT2D eigenvalue weighted by molar-refractivity contribution is 5.95. The molecule has 9 nitrogen and oxygen atoms in total. The fraction of sp³-hybridized carbons (Fsp3) is 0.600. The summed E-state index contributed by atoms with van der Waals surface area (Å²) in [4.78, 5) is 37.6. The van der Waals surface area contributed by atoms with Crippen LogP contribution in [0.2, 0.25) is 0 Å². The number of alkyl halides is 6. The van der Waals surface area contributed by atoms with Gasteiger partial charge in [-0.1, -0.05) is 30.3 Å². The van der Waals surface area contributed by atoms with E-state index in [1.54, 1.807) is 0 Å². The number of hydrogen-bond donors (Lipinski definition) is 0. The molecule has 0 aliphatic carbocycles. The van der Waals surface area contributed by atoms with Crippen LogP contribution in [-0.4, -0.2) is 113 Å². The van der Waals surface area contributed by atoms with Gasteiger partial charge in [-0.05, 0) is 69.7 Å². The number of nitro groups is 1. The standard InChI is InChI=1S/C35H44F6N6O3/c1-24(2)42-32(23-47(49)50)45-11-6-9-30(22-45)44-15-13-43(14-16-44)29-10-12-46(31(21-29)17-25-7-4-3-5-8-25)33(48)26-18-27(34(36,37)38)20-28(19-26)35(39,40)41/h3-5,7-8,18-20,24,29-31H,6,9-17,21-23H2,1-2H3. The Balaban J connectivity index is 1.28. The van der Waals surface area contributed by atoms with Gasteiger partial charge in [0.25, 0.3) is 12.5 Å². The highest BCUT2D eigenvalue weighted by Crippen LogP contribution is 2.37. The first-order valence-corrected chi connectivity index (χ1v) is 17.1. The van der Waals surface area contributed by atoms with Crippen LogP contribution < -0.4 is 0 Å². The van der Waals surface area contributed by atoms with E-state index in [4.69, 9.17) is 0 Å². The topological polar surface area (TPSA) is 85.5 Å². The summed E-state index contributed by atoms with van der Waals surface area (Å²) in [6.45, 7) is 8.20. The van der Waals surface area contributed by atoms with Crippen molar-refractivity contribution in [3.63, 3.8) is 0 Å². The average Bonchev–Trinajstić information content (AvgIpc) is 3.07. The third-order valence-electron chi connectivity index (χ3n) is 9.92. The van der Waals surface area contributed by atoms with E-state index in [2.05, 4.69) is 14.8 Å². The van der Waals surface area contributed by atoms with E-state index in [-0.39, 0.29) is 42.2 Å². The van der Waals surface area contributed by atoms with Gasteiger partial charge < -0.3 is 9.80 Å². The summed E-state index contributed by atoms with van der Waals surface area (Å²) in [6, 6.07) is 10.2. The fourth-order valence-corrected chi connectivity index (χ4v) is 7.54. The number of rotatable bonds is 8. The zero-order valence-corrected chi connectivity index (χ0v) is 28.3. The first-order chi connectivity index (χ1) is 23.6. The molecule has 1 amide bonds. The molecule has 274 valence electrons. The van der Waals surface area contributed by atoms with Crippen LogP contribution in [0, 0.1) is 10.1 Å². The second-order valence-electron chi connectivity index (χ2n) is 13.8. The maximum absolute atomic E-state index is 13.8. The average molecular weight is 711 g/mol. The number of piperidine rings is 2. The molecular formula is C35H44F6N6O3. The van der Waals surface area contributed by atoms with E-state index < -0.39 is 41.0 Å². The van der Waals surface area contributed by atoms with Gasteiger partial charge in [0, 0.05) is 80.5 Å². The van der Waals surface area contributed by atoms with Gasteiger partial charge in [0.15, 0.2) is 5.84 Å². The monoisotopic (exact) mass is 710 g/mol. The largest absolute Gasteiger partial charge is 0.416 e. The van der Waals surface area contributed by atoms with Crippen molar-refractivity contribution in [3.8, 4) is 0 Å². The summed E-state index contributed by atoms with van der Waals surface area (Å²) in [5.74, 6) is -0.330. The second kappa shape index (κ2) is 15.7. The second-order valence-corrected chi connectivity index (χ2v) is 13.8. The number of carbonyl (C=O) groups excluding carboxylic acids is 1.